The summed E-state index contributed by atoms with van der Waals surface area (Å²) in [6.45, 7) is 7.60. The number of aromatic nitrogens is 2. The molecule has 28 heavy (non-hydrogen) atoms. The number of benzene rings is 2. The van der Waals surface area contributed by atoms with Crippen LogP contribution in [0.15, 0.2) is 54.7 Å². The molecule has 1 aliphatic heterocycles. The van der Waals surface area contributed by atoms with Gasteiger partial charge in [0.1, 0.15) is 6.23 Å². The third kappa shape index (κ3) is 4.01. The highest BCUT2D eigenvalue weighted by Crippen LogP contribution is 2.26. The molecule has 0 amide bonds. The molecule has 0 saturated carbocycles. The number of hydrogen-bond acceptors (Lipinski definition) is 5. The zero-order chi connectivity index (χ0) is 19.5. The predicted octanol–water partition coefficient (Wildman–Crippen LogP) is 3.78. The first-order valence-electron chi connectivity index (χ1n) is 10.1. The van der Waals surface area contributed by atoms with E-state index in [0.29, 0.717) is 5.92 Å². The highest BCUT2D eigenvalue weighted by Gasteiger charge is 2.27. The monoisotopic (exact) mass is 376 g/mol. The van der Waals surface area contributed by atoms with Crippen molar-refractivity contribution in [2.24, 2.45) is 5.92 Å². The van der Waals surface area contributed by atoms with Gasteiger partial charge in [-0.25, -0.2) is 9.97 Å². The molecular formula is C23H28N4O. The molecule has 0 bridgehead atoms. The molecule has 2 heterocycles. The van der Waals surface area contributed by atoms with Gasteiger partial charge in [-0.05, 0) is 48.7 Å². The molecular weight excluding hydrogens is 348 g/mol. The first kappa shape index (κ1) is 18.8. The zero-order valence-corrected chi connectivity index (χ0v) is 16.6. The SMILES string of the molecule is CCN(CC1CCN(c2nccc(-c3ccc4ccccc4c3)n2)C1)C(C)O. The Kier molecular flexibility index (Phi) is 5.55. The molecule has 1 saturated heterocycles. The van der Waals surface area contributed by atoms with Crippen molar-refractivity contribution in [3.63, 3.8) is 0 Å². The largest absolute Gasteiger partial charge is 0.379 e. The van der Waals surface area contributed by atoms with Crippen molar-refractivity contribution in [3.05, 3.63) is 54.7 Å². The first-order valence-corrected chi connectivity index (χ1v) is 10.1. The lowest BCUT2D eigenvalue weighted by Crippen LogP contribution is -2.37. The Morgan fingerprint density at radius 2 is 2.00 bits per heavy atom. The summed E-state index contributed by atoms with van der Waals surface area (Å²) in [4.78, 5) is 13.8. The van der Waals surface area contributed by atoms with Gasteiger partial charge in [-0.2, -0.15) is 0 Å². The molecule has 0 aliphatic carbocycles. The van der Waals surface area contributed by atoms with Crippen LogP contribution in [-0.4, -0.2) is 52.4 Å². The van der Waals surface area contributed by atoms with Gasteiger partial charge in [-0.1, -0.05) is 43.3 Å². The van der Waals surface area contributed by atoms with E-state index in [1.165, 1.54) is 10.8 Å². The van der Waals surface area contributed by atoms with Crippen LogP contribution in [0.4, 0.5) is 5.95 Å². The summed E-state index contributed by atoms with van der Waals surface area (Å²) in [5, 5.41) is 12.3. The summed E-state index contributed by atoms with van der Waals surface area (Å²) >= 11 is 0. The van der Waals surface area contributed by atoms with E-state index in [1.807, 2.05) is 19.2 Å². The lowest BCUT2D eigenvalue weighted by molar-refractivity contribution is 0.0138. The molecule has 2 aromatic carbocycles. The number of nitrogens with zero attached hydrogens (tertiary/aromatic N) is 4. The van der Waals surface area contributed by atoms with E-state index in [1.54, 1.807) is 0 Å². The van der Waals surface area contributed by atoms with E-state index in [9.17, 15) is 5.11 Å². The standard InChI is InChI=1S/C23H28N4O/c1-3-26(17(2)28)15-18-11-13-27(16-18)23-24-12-10-22(25-23)21-9-8-19-6-4-5-7-20(19)14-21/h4-10,12,14,17-18,28H,3,11,13,15-16H2,1-2H3. The summed E-state index contributed by atoms with van der Waals surface area (Å²) in [7, 11) is 0. The van der Waals surface area contributed by atoms with Crippen molar-refractivity contribution in [1.29, 1.82) is 0 Å². The van der Waals surface area contributed by atoms with E-state index in [-0.39, 0.29) is 0 Å². The highest BCUT2D eigenvalue weighted by atomic mass is 16.3. The van der Waals surface area contributed by atoms with Crippen molar-refractivity contribution in [1.82, 2.24) is 14.9 Å². The fraction of sp³-hybridized carbons (Fsp3) is 0.391. The fourth-order valence-electron chi connectivity index (χ4n) is 4.05. The maximum absolute atomic E-state index is 9.88. The average molecular weight is 377 g/mol. The molecule has 1 fully saturated rings. The Morgan fingerprint density at radius 1 is 1.18 bits per heavy atom. The van der Waals surface area contributed by atoms with Gasteiger partial charge in [-0.3, -0.25) is 4.90 Å². The molecule has 1 aliphatic rings. The fourth-order valence-corrected chi connectivity index (χ4v) is 4.05. The van der Waals surface area contributed by atoms with Crippen LogP contribution in [0.5, 0.6) is 0 Å². The van der Waals surface area contributed by atoms with Crippen molar-refractivity contribution >= 4 is 16.7 Å². The second kappa shape index (κ2) is 8.25. The number of aliphatic hydroxyl groups is 1. The van der Waals surface area contributed by atoms with Gasteiger partial charge in [-0.15, -0.1) is 0 Å². The summed E-state index contributed by atoms with van der Waals surface area (Å²) in [6.07, 6.45) is 2.56. The molecule has 1 N–H and O–H groups in total. The summed E-state index contributed by atoms with van der Waals surface area (Å²) in [5.74, 6) is 1.33. The molecule has 4 rings (SSSR count). The topological polar surface area (TPSA) is 52.5 Å². The molecule has 2 atom stereocenters. The third-order valence-corrected chi connectivity index (χ3v) is 5.68. The molecule has 146 valence electrons. The average Bonchev–Trinajstić information content (AvgIpc) is 3.20. The second-order valence-corrected chi connectivity index (χ2v) is 7.62. The summed E-state index contributed by atoms with van der Waals surface area (Å²) < 4.78 is 0. The number of fused-ring (bicyclic) bond motifs is 1. The molecule has 2 unspecified atom stereocenters. The van der Waals surface area contributed by atoms with Gasteiger partial charge >= 0.3 is 0 Å². The lowest BCUT2D eigenvalue weighted by atomic mass is 10.1. The van der Waals surface area contributed by atoms with Crippen LogP contribution in [0.2, 0.25) is 0 Å². The number of rotatable bonds is 6. The first-order chi connectivity index (χ1) is 13.6. The van der Waals surface area contributed by atoms with Crippen molar-refractivity contribution in [2.75, 3.05) is 31.1 Å². The van der Waals surface area contributed by atoms with Crippen LogP contribution in [0.25, 0.3) is 22.0 Å². The van der Waals surface area contributed by atoms with E-state index in [0.717, 1.165) is 49.8 Å². The van der Waals surface area contributed by atoms with Gasteiger partial charge in [0.05, 0.1) is 5.69 Å². The molecule has 5 heteroatoms. The number of aliphatic hydroxyl groups excluding tert-OH is 1. The van der Waals surface area contributed by atoms with E-state index in [2.05, 4.69) is 64.2 Å². The van der Waals surface area contributed by atoms with E-state index >= 15 is 0 Å². The number of anilines is 1. The molecule has 0 radical (unpaired) electrons. The summed E-state index contributed by atoms with van der Waals surface area (Å²) in [5.41, 5.74) is 2.07. The van der Waals surface area contributed by atoms with E-state index in [4.69, 9.17) is 4.98 Å². The predicted molar refractivity (Wildman–Crippen MR) is 114 cm³/mol. The minimum atomic E-state index is -0.397. The smallest absolute Gasteiger partial charge is 0.225 e. The van der Waals surface area contributed by atoms with Gasteiger partial charge in [0.15, 0.2) is 0 Å². The Bertz CT molecular complexity index is 943. The van der Waals surface area contributed by atoms with Gasteiger partial charge in [0, 0.05) is 31.4 Å². The zero-order valence-electron chi connectivity index (χ0n) is 16.6. The van der Waals surface area contributed by atoms with Gasteiger partial charge in [0.25, 0.3) is 0 Å². The van der Waals surface area contributed by atoms with Crippen molar-refractivity contribution in [2.45, 2.75) is 26.5 Å². The molecule has 0 spiro atoms. The molecule has 5 nitrogen and oxygen atoms in total. The van der Waals surface area contributed by atoms with Crippen LogP contribution >= 0.6 is 0 Å². The second-order valence-electron chi connectivity index (χ2n) is 7.62. The van der Waals surface area contributed by atoms with Gasteiger partial charge in [0.2, 0.25) is 5.95 Å². The van der Waals surface area contributed by atoms with Crippen LogP contribution in [0.3, 0.4) is 0 Å². The quantitative estimate of drug-likeness (QED) is 0.664. The Labute approximate surface area is 166 Å². The van der Waals surface area contributed by atoms with Gasteiger partial charge < -0.3 is 10.0 Å². The Hall–Kier alpha value is -2.50. The highest BCUT2D eigenvalue weighted by molar-refractivity contribution is 5.86. The van der Waals surface area contributed by atoms with Crippen LogP contribution < -0.4 is 4.90 Å². The molecule has 3 aromatic rings. The van der Waals surface area contributed by atoms with Crippen LogP contribution in [-0.2, 0) is 0 Å². The number of hydrogen-bond donors (Lipinski definition) is 1. The van der Waals surface area contributed by atoms with Crippen LogP contribution in [0.1, 0.15) is 20.3 Å². The lowest BCUT2D eigenvalue weighted by Gasteiger charge is -2.26. The molecule has 1 aromatic heterocycles. The normalized spacial score (nSPS) is 18.1. The minimum Gasteiger partial charge on any atom is -0.379 e. The van der Waals surface area contributed by atoms with Crippen LogP contribution in [0, 0.1) is 5.92 Å². The third-order valence-electron chi connectivity index (χ3n) is 5.68. The maximum Gasteiger partial charge on any atom is 0.225 e. The summed E-state index contributed by atoms with van der Waals surface area (Å²) in [6, 6.07) is 16.8. The minimum absolute atomic E-state index is 0.397. The van der Waals surface area contributed by atoms with Crippen molar-refractivity contribution in [3.8, 4) is 11.3 Å². The Morgan fingerprint density at radius 3 is 2.79 bits per heavy atom. The van der Waals surface area contributed by atoms with E-state index < -0.39 is 6.23 Å². The van der Waals surface area contributed by atoms with Crippen molar-refractivity contribution < 1.29 is 5.11 Å². The Balaban J connectivity index is 1.51. The maximum atomic E-state index is 9.88.